The fourth-order valence-electron chi connectivity index (χ4n) is 1.77. The molecule has 0 spiro atoms. The topological polar surface area (TPSA) is 41.5 Å². The van der Waals surface area contributed by atoms with Crippen LogP contribution in [0.3, 0.4) is 0 Å². The van der Waals surface area contributed by atoms with Crippen molar-refractivity contribution < 1.29 is 23.0 Å². The number of aromatic hydroxyl groups is 1. The van der Waals surface area contributed by atoms with Crippen molar-refractivity contribution >= 4 is 17.3 Å². The molecule has 7 heteroatoms. The molecule has 2 aromatic carbocycles. The Bertz CT molecular complexity index is 657. The zero-order valence-electron chi connectivity index (χ0n) is 10.9. The summed E-state index contributed by atoms with van der Waals surface area (Å²) in [7, 11) is 1.37. The maximum absolute atomic E-state index is 13.1. The molecule has 0 radical (unpaired) electrons. The highest BCUT2D eigenvalue weighted by atomic mass is 35.5. The lowest BCUT2D eigenvalue weighted by atomic mass is 10.1. The Morgan fingerprint density at radius 3 is 2.33 bits per heavy atom. The van der Waals surface area contributed by atoms with Crippen LogP contribution in [0, 0.1) is 17.5 Å². The summed E-state index contributed by atoms with van der Waals surface area (Å²) in [4.78, 5) is 0. The van der Waals surface area contributed by atoms with E-state index >= 15 is 0 Å². The first-order chi connectivity index (χ1) is 9.92. The molecule has 0 aromatic heterocycles. The normalized spacial score (nSPS) is 10.5. The van der Waals surface area contributed by atoms with Gasteiger partial charge in [-0.15, -0.1) is 0 Å². The van der Waals surface area contributed by atoms with Crippen molar-refractivity contribution in [3.8, 4) is 11.5 Å². The number of ether oxygens (including phenoxy) is 1. The summed E-state index contributed by atoms with van der Waals surface area (Å²) >= 11 is 5.87. The number of nitrogens with one attached hydrogen (secondary N) is 1. The Kier molecular flexibility index (Phi) is 4.47. The summed E-state index contributed by atoms with van der Waals surface area (Å²) in [5.41, 5.74) is 0.397. The standard InChI is InChI=1S/C14H11ClF3NO2/c1-21-12-3-8(15)2-7(14(12)20)6-19-9-4-10(16)13(18)11(17)5-9/h2-5,19-20H,6H2,1H3. The van der Waals surface area contributed by atoms with Crippen molar-refractivity contribution in [3.63, 3.8) is 0 Å². The predicted octanol–water partition coefficient (Wildman–Crippen LogP) is 4.08. The van der Waals surface area contributed by atoms with Gasteiger partial charge in [0.2, 0.25) is 0 Å². The number of anilines is 1. The third-order valence-electron chi connectivity index (χ3n) is 2.81. The van der Waals surface area contributed by atoms with Crippen molar-refractivity contribution in [2.24, 2.45) is 0 Å². The number of hydrogen-bond acceptors (Lipinski definition) is 3. The maximum atomic E-state index is 13.1. The van der Waals surface area contributed by atoms with Crippen LogP contribution in [0.1, 0.15) is 5.56 Å². The van der Waals surface area contributed by atoms with Gasteiger partial charge in [0.1, 0.15) is 0 Å². The molecular formula is C14H11ClF3NO2. The molecule has 2 aromatic rings. The smallest absolute Gasteiger partial charge is 0.194 e. The van der Waals surface area contributed by atoms with Crippen molar-refractivity contribution in [2.75, 3.05) is 12.4 Å². The van der Waals surface area contributed by atoms with Gasteiger partial charge in [0.05, 0.1) is 7.11 Å². The molecule has 0 aliphatic carbocycles. The van der Waals surface area contributed by atoms with Crippen molar-refractivity contribution in [1.82, 2.24) is 0 Å². The van der Waals surface area contributed by atoms with E-state index in [4.69, 9.17) is 16.3 Å². The third-order valence-corrected chi connectivity index (χ3v) is 3.02. The first-order valence-corrected chi connectivity index (χ1v) is 6.24. The van der Waals surface area contributed by atoms with Gasteiger partial charge in [0.25, 0.3) is 0 Å². The molecule has 0 saturated carbocycles. The summed E-state index contributed by atoms with van der Waals surface area (Å²) in [6, 6.07) is 4.54. The molecule has 0 aliphatic rings. The van der Waals surface area contributed by atoms with E-state index in [0.717, 1.165) is 12.1 Å². The van der Waals surface area contributed by atoms with Crippen molar-refractivity contribution in [1.29, 1.82) is 0 Å². The molecule has 0 heterocycles. The average molecular weight is 318 g/mol. The summed E-state index contributed by atoms with van der Waals surface area (Å²) in [5.74, 6) is -4.10. The van der Waals surface area contributed by atoms with Gasteiger partial charge in [0, 0.05) is 41.0 Å². The Labute approximate surface area is 123 Å². The third kappa shape index (κ3) is 3.33. The summed E-state index contributed by atoms with van der Waals surface area (Å²) in [5, 5.41) is 12.9. The van der Waals surface area contributed by atoms with Crippen LogP contribution in [0.4, 0.5) is 18.9 Å². The van der Waals surface area contributed by atoms with Gasteiger partial charge < -0.3 is 15.2 Å². The molecule has 0 unspecified atom stereocenters. The molecule has 21 heavy (non-hydrogen) atoms. The SMILES string of the molecule is COc1cc(Cl)cc(CNc2cc(F)c(F)c(F)c2)c1O. The van der Waals surface area contributed by atoms with Crippen LogP contribution in [0.2, 0.25) is 5.02 Å². The van der Waals surface area contributed by atoms with Crippen LogP contribution in [-0.4, -0.2) is 12.2 Å². The largest absolute Gasteiger partial charge is 0.504 e. The van der Waals surface area contributed by atoms with E-state index in [1.807, 2.05) is 0 Å². The highest BCUT2D eigenvalue weighted by Crippen LogP contribution is 2.33. The predicted molar refractivity (Wildman–Crippen MR) is 73.3 cm³/mol. The fourth-order valence-corrected chi connectivity index (χ4v) is 2.00. The van der Waals surface area contributed by atoms with Crippen LogP contribution in [0.5, 0.6) is 11.5 Å². The number of rotatable bonds is 4. The number of phenols is 1. The highest BCUT2D eigenvalue weighted by Gasteiger charge is 2.12. The van der Waals surface area contributed by atoms with Gasteiger partial charge in [-0.2, -0.15) is 0 Å². The first-order valence-electron chi connectivity index (χ1n) is 5.86. The summed E-state index contributed by atoms with van der Waals surface area (Å²) in [6.45, 7) is 0.0211. The Hall–Kier alpha value is -2.08. The molecule has 0 amide bonds. The second-order valence-corrected chi connectivity index (χ2v) is 4.66. The van der Waals surface area contributed by atoms with E-state index in [1.165, 1.54) is 19.2 Å². The summed E-state index contributed by atoms with van der Waals surface area (Å²) < 4.78 is 43.9. The van der Waals surface area contributed by atoms with Crippen LogP contribution in [-0.2, 0) is 6.54 Å². The van der Waals surface area contributed by atoms with Crippen LogP contribution >= 0.6 is 11.6 Å². The molecule has 0 saturated heterocycles. The molecule has 0 fully saturated rings. The van der Waals surface area contributed by atoms with Gasteiger partial charge >= 0.3 is 0 Å². The van der Waals surface area contributed by atoms with Gasteiger partial charge in [-0.3, -0.25) is 0 Å². The monoisotopic (exact) mass is 317 g/mol. The quantitative estimate of drug-likeness (QED) is 0.835. The molecule has 3 nitrogen and oxygen atoms in total. The second kappa shape index (κ2) is 6.13. The molecule has 0 atom stereocenters. The zero-order valence-corrected chi connectivity index (χ0v) is 11.6. The minimum atomic E-state index is -1.53. The zero-order chi connectivity index (χ0) is 15.6. The van der Waals surface area contributed by atoms with E-state index in [9.17, 15) is 18.3 Å². The van der Waals surface area contributed by atoms with Gasteiger partial charge in [-0.05, 0) is 6.07 Å². The molecular weight excluding hydrogens is 307 g/mol. The lowest BCUT2D eigenvalue weighted by molar-refractivity contribution is 0.371. The van der Waals surface area contributed by atoms with Gasteiger partial charge in [0.15, 0.2) is 29.0 Å². The van der Waals surface area contributed by atoms with E-state index in [1.54, 1.807) is 0 Å². The average Bonchev–Trinajstić information content (AvgIpc) is 2.45. The maximum Gasteiger partial charge on any atom is 0.194 e. The molecule has 112 valence electrons. The molecule has 2 N–H and O–H groups in total. The van der Waals surface area contributed by atoms with E-state index in [2.05, 4.69) is 5.32 Å². The lowest BCUT2D eigenvalue weighted by Crippen LogP contribution is -2.03. The molecule has 0 aliphatic heterocycles. The number of benzene rings is 2. The van der Waals surface area contributed by atoms with E-state index in [0.29, 0.717) is 10.6 Å². The number of phenolic OH excluding ortho intramolecular Hbond substituents is 1. The highest BCUT2D eigenvalue weighted by molar-refractivity contribution is 6.30. The first kappa shape index (κ1) is 15.3. The Morgan fingerprint density at radius 2 is 1.76 bits per heavy atom. The minimum absolute atomic E-state index is 0.0211. The van der Waals surface area contributed by atoms with Crippen LogP contribution < -0.4 is 10.1 Å². The lowest BCUT2D eigenvalue weighted by Gasteiger charge is -2.12. The van der Waals surface area contributed by atoms with E-state index < -0.39 is 17.5 Å². The number of hydrogen-bond donors (Lipinski definition) is 2. The Balaban J connectivity index is 2.22. The summed E-state index contributed by atoms with van der Waals surface area (Å²) in [6.07, 6.45) is 0. The number of methoxy groups -OCH3 is 1. The van der Waals surface area contributed by atoms with Crippen molar-refractivity contribution in [3.05, 3.63) is 52.3 Å². The minimum Gasteiger partial charge on any atom is -0.504 e. The Morgan fingerprint density at radius 1 is 1.14 bits per heavy atom. The van der Waals surface area contributed by atoms with Crippen LogP contribution in [0.25, 0.3) is 0 Å². The molecule has 0 bridgehead atoms. The second-order valence-electron chi connectivity index (χ2n) is 4.22. The fraction of sp³-hybridized carbons (Fsp3) is 0.143. The van der Waals surface area contributed by atoms with Gasteiger partial charge in [-0.1, -0.05) is 11.6 Å². The van der Waals surface area contributed by atoms with E-state index in [-0.39, 0.29) is 23.7 Å². The van der Waals surface area contributed by atoms with Crippen LogP contribution in [0.15, 0.2) is 24.3 Å². The van der Waals surface area contributed by atoms with Crippen molar-refractivity contribution in [2.45, 2.75) is 6.54 Å². The van der Waals surface area contributed by atoms with Gasteiger partial charge in [-0.25, -0.2) is 13.2 Å². The molecule has 2 rings (SSSR count). The number of halogens is 4.